The molecule has 1 aliphatic heterocycles. The second-order valence-corrected chi connectivity index (χ2v) is 11.0. The molecule has 0 spiro atoms. The quantitative estimate of drug-likeness (QED) is 0.241. The number of rotatable bonds is 9. The van der Waals surface area contributed by atoms with Crippen LogP contribution in [0, 0.1) is 16.7 Å². The molecule has 1 heterocycles. The molecule has 3 aliphatic rings. The second-order valence-electron chi connectivity index (χ2n) is 11.0. The summed E-state index contributed by atoms with van der Waals surface area (Å²) in [6.45, 7) is 7.73. The SMILES string of the molecule is C/C=C/C=C/C=C/C(=O)O[C@@H]1[C@H](O)C2=C(C(=O)N([C@H](CCC(=O)O)C(=O)O)C2)[C@@]2(C)CCCC(C)(C)[C@H]12. The molecular weight excluding hydrogens is 478 g/mol. The Morgan fingerprint density at radius 2 is 1.78 bits per heavy atom. The number of hydrogen-bond acceptors (Lipinski definition) is 6. The first kappa shape index (κ1) is 28.4. The second kappa shape index (κ2) is 11.0. The van der Waals surface area contributed by atoms with Crippen LogP contribution >= 0.6 is 0 Å². The Kier molecular flexibility index (Phi) is 8.47. The highest BCUT2D eigenvalue weighted by Crippen LogP contribution is 2.61. The van der Waals surface area contributed by atoms with Gasteiger partial charge in [-0.2, -0.15) is 0 Å². The Morgan fingerprint density at radius 3 is 2.41 bits per heavy atom. The zero-order valence-electron chi connectivity index (χ0n) is 21.8. The van der Waals surface area contributed by atoms with Crippen LogP contribution in [0.2, 0.25) is 0 Å². The van der Waals surface area contributed by atoms with Crippen LogP contribution in [0.25, 0.3) is 0 Å². The maximum Gasteiger partial charge on any atom is 0.331 e. The number of aliphatic hydroxyl groups excluding tert-OH is 1. The number of amides is 1. The van der Waals surface area contributed by atoms with Crippen molar-refractivity contribution in [3.05, 3.63) is 47.6 Å². The van der Waals surface area contributed by atoms with E-state index >= 15 is 0 Å². The molecule has 9 nitrogen and oxygen atoms in total. The van der Waals surface area contributed by atoms with E-state index < -0.39 is 53.9 Å². The number of nitrogens with zero attached hydrogens (tertiary/aromatic N) is 1. The molecular formula is C28H37NO8. The lowest BCUT2D eigenvalue weighted by Gasteiger charge is -2.57. The molecule has 0 radical (unpaired) electrons. The van der Waals surface area contributed by atoms with Gasteiger partial charge < -0.3 is 25.0 Å². The number of aliphatic carboxylic acids is 2. The van der Waals surface area contributed by atoms with Crippen LogP contribution in [0.3, 0.4) is 0 Å². The van der Waals surface area contributed by atoms with Crippen molar-refractivity contribution in [2.45, 2.75) is 78.0 Å². The first-order valence-electron chi connectivity index (χ1n) is 12.7. The van der Waals surface area contributed by atoms with Crippen LogP contribution in [-0.4, -0.2) is 68.8 Å². The van der Waals surface area contributed by atoms with Gasteiger partial charge in [0.05, 0.1) is 0 Å². The van der Waals surface area contributed by atoms with Crippen molar-refractivity contribution in [2.75, 3.05) is 6.54 Å². The van der Waals surface area contributed by atoms with E-state index in [0.717, 1.165) is 17.7 Å². The Hall–Kier alpha value is -3.20. The number of allylic oxidation sites excluding steroid dienone is 5. The highest BCUT2D eigenvalue weighted by atomic mass is 16.6. The van der Waals surface area contributed by atoms with Crippen molar-refractivity contribution < 1.29 is 39.2 Å². The predicted octanol–water partition coefficient (Wildman–Crippen LogP) is 3.25. The van der Waals surface area contributed by atoms with Crippen LogP contribution in [0.1, 0.15) is 59.8 Å². The van der Waals surface area contributed by atoms with E-state index in [-0.39, 0.29) is 24.3 Å². The summed E-state index contributed by atoms with van der Waals surface area (Å²) in [7, 11) is 0. The van der Waals surface area contributed by atoms with Crippen molar-refractivity contribution in [1.82, 2.24) is 4.90 Å². The lowest BCUT2D eigenvalue weighted by atomic mass is 9.49. The highest BCUT2D eigenvalue weighted by molar-refractivity contribution is 6.01. The molecule has 9 heteroatoms. The molecule has 37 heavy (non-hydrogen) atoms. The summed E-state index contributed by atoms with van der Waals surface area (Å²) in [5.74, 6) is -3.94. The maximum absolute atomic E-state index is 13.7. The first-order valence-corrected chi connectivity index (χ1v) is 12.7. The number of hydrogen-bond donors (Lipinski definition) is 3. The fraction of sp³-hybridized carbons (Fsp3) is 0.571. The molecule has 0 aromatic rings. The Bertz CT molecular complexity index is 1070. The van der Waals surface area contributed by atoms with E-state index in [1.54, 1.807) is 18.2 Å². The number of carbonyl (C=O) groups excluding carboxylic acids is 2. The van der Waals surface area contributed by atoms with Gasteiger partial charge >= 0.3 is 17.9 Å². The Labute approximate surface area is 217 Å². The van der Waals surface area contributed by atoms with E-state index in [9.17, 15) is 29.4 Å². The van der Waals surface area contributed by atoms with Crippen molar-refractivity contribution in [3.63, 3.8) is 0 Å². The van der Waals surface area contributed by atoms with Gasteiger partial charge in [-0.05, 0) is 37.2 Å². The molecule has 0 aromatic heterocycles. The van der Waals surface area contributed by atoms with E-state index in [1.165, 1.54) is 6.08 Å². The van der Waals surface area contributed by atoms with E-state index in [1.807, 2.05) is 39.8 Å². The van der Waals surface area contributed by atoms with Gasteiger partial charge in [-0.25, -0.2) is 9.59 Å². The summed E-state index contributed by atoms with van der Waals surface area (Å²) in [4.78, 5) is 50.7. The van der Waals surface area contributed by atoms with Gasteiger partial charge in [-0.1, -0.05) is 57.6 Å². The lowest BCUT2D eigenvalue weighted by Crippen LogP contribution is -2.58. The topological polar surface area (TPSA) is 141 Å². The van der Waals surface area contributed by atoms with Gasteiger partial charge in [0.1, 0.15) is 18.2 Å². The number of aliphatic hydroxyl groups is 1. The summed E-state index contributed by atoms with van der Waals surface area (Å²) in [6.07, 6.45) is 9.32. The molecule has 2 aliphatic carbocycles. The smallest absolute Gasteiger partial charge is 0.331 e. The molecule has 0 saturated heterocycles. The summed E-state index contributed by atoms with van der Waals surface area (Å²) in [5.41, 5.74) is -0.386. The fourth-order valence-corrected chi connectivity index (χ4v) is 6.62. The molecule has 1 saturated carbocycles. The van der Waals surface area contributed by atoms with Crippen LogP contribution in [0.4, 0.5) is 0 Å². The molecule has 1 fully saturated rings. The maximum atomic E-state index is 13.7. The summed E-state index contributed by atoms with van der Waals surface area (Å²) < 4.78 is 5.86. The first-order chi connectivity index (χ1) is 17.3. The number of carboxylic acids is 2. The molecule has 3 rings (SSSR count). The third-order valence-corrected chi connectivity index (χ3v) is 8.05. The molecule has 5 atom stereocenters. The monoisotopic (exact) mass is 515 g/mol. The number of carboxylic acid groups (broad SMARTS) is 2. The van der Waals surface area contributed by atoms with Crippen molar-refractivity contribution in [1.29, 1.82) is 0 Å². The fourth-order valence-electron chi connectivity index (χ4n) is 6.62. The van der Waals surface area contributed by atoms with Crippen LogP contribution in [-0.2, 0) is 23.9 Å². The number of carbonyl (C=O) groups is 4. The van der Waals surface area contributed by atoms with Crippen LogP contribution < -0.4 is 0 Å². The van der Waals surface area contributed by atoms with Crippen molar-refractivity contribution in [2.24, 2.45) is 16.7 Å². The molecule has 0 unspecified atom stereocenters. The molecule has 0 bridgehead atoms. The number of ether oxygens (including phenoxy) is 1. The summed E-state index contributed by atoms with van der Waals surface area (Å²) in [6, 6.07) is -1.34. The third-order valence-electron chi connectivity index (χ3n) is 8.05. The molecule has 1 amide bonds. The number of fused-ring (bicyclic) bond motifs is 2. The Balaban J connectivity index is 1.98. The van der Waals surface area contributed by atoms with Gasteiger partial charge in [0.15, 0.2) is 0 Å². The van der Waals surface area contributed by atoms with Gasteiger partial charge in [0, 0.05) is 35.9 Å². The van der Waals surface area contributed by atoms with E-state index in [2.05, 4.69) is 0 Å². The number of esters is 1. The van der Waals surface area contributed by atoms with Gasteiger partial charge in [0.2, 0.25) is 0 Å². The average molecular weight is 516 g/mol. The standard InChI is InChI=1S/C28H37NO8/c1-5-6-7-8-9-11-20(32)37-23-22(33)17-16-29(18(26(35)36)12-13-19(30)31)25(34)21(17)28(4)15-10-14-27(2,3)24(23)28/h5-9,11,18,22-24,33H,10,12-16H2,1-4H3,(H,30,31)(H,35,36)/b6-5+,8-7+,11-9+/t18-,22-,23-,24+,28-/m1/s1. The summed E-state index contributed by atoms with van der Waals surface area (Å²) >= 11 is 0. The minimum Gasteiger partial charge on any atom is -0.481 e. The zero-order valence-corrected chi connectivity index (χ0v) is 21.8. The molecule has 3 N–H and O–H groups in total. The van der Waals surface area contributed by atoms with Crippen molar-refractivity contribution in [3.8, 4) is 0 Å². The molecule has 202 valence electrons. The highest BCUT2D eigenvalue weighted by Gasteiger charge is 2.62. The van der Waals surface area contributed by atoms with Crippen molar-refractivity contribution >= 4 is 23.8 Å². The predicted molar refractivity (Wildman–Crippen MR) is 135 cm³/mol. The summed E-state index contributed by atoms with van der Waals surface area (Å²) in [5, 5.41) is 30.4. The van der Waals surface area contributed by atoms with Crippen LogP contribution in [0.5, 0.6) is 0 Å². The van der Waals surface area contributed by atoms with E-state index in [0.29, 0.717) is 17.6 Å². The van der Waals surface area contributed by atoms with E-state index in [4.69, 9.17) is 9.84 Å². The lowest BCUT2D eigenvalue weighted by molar-refractivity contribution is -0.170. The van der Waals surface area contributed by atoms with Gasteiger partial charge in [0.25, 0.3) is 5.91 Å². The molecule has 0 aromatic carbocycles. The zero-order chi connectivity index (χ0) is 27.5. The minimum absolute atomic E-state index is 0.148. The largest absolute Gasteiger partial charge is 0.481 e. The normalized spacial score (nSPS) is 30.1. The Morgan fingerprint density at radius 1 is 1.11 bits per heavy atom. The minimum atomic E-state index is -1.34. The third kappa shape index (κ3) is 5.56. The van der Waals surface area contributed by atoms with Gasteiger partial charge in [-0.15, -0.1) is 0 Å². The average Bonchev–Trinajstić information content (AvgIpc) is 3.14. The van der Waals surface area contributed by atoms with Gasteiger partial charge in [-0.3, -0.25) is 9.59 Å². The van der Waals surface area contributed by atoms with Crippen LogP contribution in [0.15, 0.2) is 47.6 Å².